The molecule has 0 saturated heterocycles. The number of hydrogen-bond acceptors (Lipinski definition) is 1. The van der Waals surface area contributed by atoms with Crippen molar-refractivity contribution in [2.45, 2.75) is 19.2 Å². The fourth-order valence-electron chi connectivity index (χ4n) is 0.949. The SMILES string of the molecule is CC(F)(F)c1ccc(OC(F)(F)F)cc1. The molecule has 1 nitrogen and oxygen atoms in total. The van der Waals surface area contributed by atoms with Gasteiger partial charge in [0.25, 0.3) is 5.92 Å². The molecular formula is C9H7F5O. The molecule has 0 N–H and O–H groups in total. The lowest BCUT2D eigenvalue weighted by molar-refractivity contribution is -0.274. The molecule has 0 unspecified atom stereocenters. The molecule has 0 heterocycles. The summed E-state index contributed by atoms with van der Waals surface area (Å²) in [7, 11) is 0. The molecule has 0 saturated carbocycles. The van der Waals surface area contributed by atoms with E-state index in [1.165, 1.54) is 0 Å². The molecule has 0 fully saturated rings. The summed E-state index contributed by atoms with van der Waals surface area (Å²) in [6, 6.07) is 3.47. The van der Waals surface area contributed by atoms with E-state index >= 15 is 0 Å². The lowest BCUT2D eigenvalue weighted by Crippen LogP contribution is -2.17. The van der Waals surface area contributed by atoms with Crippen molar-refractivity contribution in [1.29, 1.82) is 0 Å². The van der Waals surface area contributed by atoms with E-state index in [2.05, 4.69) is 4.74 Å². The molecule has 0 amide bonds. The Labute approximate surface area is 82.5 Å². The van der Waals surface area contributed by atoms with E-state index in [0.717, 1.165) is 24.3 Å². The normalized spacial score (nSPS) is 12.7. The zero-order valence-electron chi connectivity index (χ0n) is 7.61. The average Bonchev–Trinajstić information content (AvgIpc) is 2.00. The molecule has 1 aromatic rings. The van der Waals surface area contributed by atoms with Gasteiger partial charge >= 0.3 is 6.36 Å². The number of rotatable bonds is 2. The summed E-state index contributed by atoms with van der Waals surface area (Å²) >= 11 is 0. The Bertz CT molecular complexity index is 322. The highest BCUT2D eigenvalue weighted by atomic mass is 19.4. The quantitative estimate of drug-likeness (QED) is 0.698. The van der Waals surface area contributed by atoms with Gasteiger partial charge in [0.2, 0.25) is 0 Å². The Kier molecular flexibility index (Phi) is 2.88. The molecular weight excluding hydrogens is 219 g/mol. The second kappa shape index (κ2) is 3.67. The van der Waals surface area contributed by atoms with E-state index in [4.69, 9.17) is 0 Å². The molecule has 0 aliphatic heterocycles. The van der Waals surface area contributed by atoms with Crippen molar-refractivity contribution in [2.24, 2.45) is 0 Å². The van der Waals surface area contributed by atoms with Crippen molar-refractivity contribution >= 4 is 0 Å². The van der Waals surface area contributed by atoms with E-state index in [0.29, 0.717) is 6.92 Å². The molecule has 0 aliphatic rings. The number of benzene rings is 1. The Morgan fingerprint density at radius 2 is 1.40 bits per heavy atom. The monoisotopic (exact) mass is 226 g/mol. The van der Waals surface area contributed by atoms with Gasteiger partial charge < -0.3 is 4.74 Å². The van der Waals surface area contributed by atoms with Gasteiger partial charge in [-0.05, 0) is 24.3 Å². The lowest BCUT2D eigenvalue weighted by Gasteiger charge is -2.12. The van der Waals surface area contributed by atoms with E-state index in [1.54, 1.807) is 0 Å². The van der Waals surface area contributed by atoms with Crippen LogP contribution >= 0.6 is 0 Å². The molecule has 84 valence electrons. The van der Waals surface area contributed by atoms with E-state index in [1.807, 2.05) is 0 Å². The largest absolute Gasteiger partial charge is 0.573 e. The minimum atomic E-state index is -4.81. The van der Waals surface area contributed by atoms with Crippen LogP contribution in [0.2, 0.25) is 0 Å². The first kappa shape index (κ1) is 11.7. The summed E-state index contributed by atoms with van der Waals surface area (Å²) in [6.45, 7) is 0.659. The van der Waals surface area contributed by atoms with Gasteiger partial charge in [-0.15, -0.1) is 13.2 Å². The van der Waals surface area contributed by atoms with Crippen molar-refractivity contribution in [3.63, 3.8) is 0 Å². The third-order valence-electron chi connectivity index (χ3n) is 1.59. The number of alkyl halides is 5. The molecule has 1 aromatic carbocycles. The van der Waals surface area contributed by atoms with Crippen LogP contribution in [0.25, 0.3) is 0 Å². The highest BCUT2D eigenvalue weighted by Crippen LogP contribution is 2.29. The first-order valence-electron chi connectivity index (χ1n) is 3.92. The maximum Gasteiger partial charge on any atom is 0.573 e. The molecule has 0 aliphatic carbocycles. The molecule has 0 bridgehead atoms. The molecule has 6 heteroatoms. The van der Waals surface area contributed by atoms with Crippen LogP contribution in [0, 0.1) is 0 Å². The summed E-state index contributed by atoms with van der Waals surface area (Å²) < 4.78 is 64.0. The van der Waals surface area contributed by atoms with Gasteiger partial charge in [0.15, 0.2) is 0 Å². The van der Waals surface area contributed by atoms with Gasteiger partial charge in [0.05, 0.1) is 0 Å². The Morgan fingerprint density at radius 3 is 1.73 bits per heavy atom. The summed E-state index contributed by atoms with van der Waals surface area (Å²) in [5.41, 5.74) is -0.364. The molecule has 0 aromatic heterocycles. The second-order valence-corrected chi connectivity index (χ2v) is 2.96. The van der Waals surface area contributed by atoms with Crippen LogP contribution in [0.15, 0.2) is 24.3 Å². The lowest BCUT2D eigenvalue weighted by atomic mass is 10.1. The summed E-state index contributed by atoms with van der Waals surface area (Å²) in [6.07, 6.45) is -4.81. The molecule has 0 radical (unpaired) electrons. The van der Waals surface area contributed by atoms with Crippen molar-refractivity contribution in [3.05, 3.63) is 29.8 Å². The Hall–Kier alpha value is -1.33. The van der Waals surface area contributed by atoms with Crippen LogP contribution in [0.3, 0.4) is 0 Å². The maximum absolute atomic E-state index is 12.7. The summed E-state index contributed by atoms with van der Waals surface area (Å²) in [5.74, 6) is -3.59. The van der Waals surface area contributed by atoms with Gasteiger partial charge in [-0.3, -0.25) is 0 Å². The van der Waals surface area contributed by atoms with Gasteiger partial charge in [0.1, 0.15) is 5.75 Å². The Balaban J connectivity index is 2.82. The molecule has 0 atom stereocenters. The highest BCUT2D eigenvalue weighted by molar-refractivity contribution is 5.29. The smallest absolute Gasteiger partial charge is 0.406 e. The first-order chi connectivity index (χ1) is 6.68. The maximum atomic E-state index is 12.7. The fraction of sp³-hybridized carbons (Fsp3) is 0.333. The van der Waals surface area contributed by atoms with Gasteiger partial charge in [-0.1, -0.05) is 0 Å². The third-order valence-corrected chi connectivity index (χ3v) is 1.59. The molecule has 15 heavy (non-hydrogen) atoms. The fourth-order valence-corrected chi connectivity index (χ4v) is 0.949. The van der Waals surface area contributed by atoms with Crippen molar-refractivity contribution in [1.82, 2.24) is 0 Å². The van der Waals surface area contributed by atoms with Crippen LogP contribution in [-0.4, -0.2) is 6.36 Å². The van der Waals surface area contributed by atoms with Crippen LogP contribution < -0.4 is 4.74 Å². The predicted octanol–water partition coefficient (Wildman–Crippen LogP) is 3.70. The van der Waals surface area contributed by atoms with Crippen LogP contribution in [0.1, 0.15) is 12.5 Å². The topological polar surface area (TPSA) is 9.23 Å². The molecule has 1 rings (SSSR count). The van der Waals surface area contributed by atoms with Crippen molar-refractivity contribution in [2.75, 3.05) is 0 Å². The number of halogens is 5. The van der Waals surface area contributed by atoms with E-state index in [9.17, 15) is 22.0 Å². The van der Waals surface area contributed by atoms with Crippen molar-refractivity contribution in [3.8, 4) is 5.75 Å². The minimum Gasteiger partial charge on any atom is -0.406 e. The summed E-state index contributed by atoms with van der Waals surface area (Å²) in [5, 5.41) is 0. The number of hydrogen-bond donors (Lipinski definition) is 0. The van der Waals surface area contributed by atoms with E-state index in [-0.39, 0.29) is 5.56 Å². The van der Waals surface area contributed by atoms with Gasteiger partial charge in [0, 0.05) is 12.5 Å². The first-order valence-corrected chi connectivity index (χ1v) is 3.92. The Morgan fingerprint density at radius 1 is 0.933 bits per heavy atom. The van der Waals surface area contributed by atoms with Gasteiger partial charge in [-0.2, -0.15) is 0 Å². The van der Waals surface area contributed by atoms with Crippen LogP contribution in [0.5, 0.6) is 5.75 Å². The zero-order chi connectivity index (χ0) is 11.7. The highest BCUT2D eigenvalue weighted by Gasteiger charge is 2.31. The van der Waals surface area contributed by atoms with E-state index < -0.39 is 18.0 Å². The average molecular weight is 226 g/mol. The third kappa shape index (κ3) is 3.73. The minimum absolute atomic E-state index is 0.364. The standard InChI is InChI=1S/C9H7F5O/c1-8(10,11)6-2-4-7(5-3-6)15-9(12,13)14/h2-5H,1H3. The molecule has 0 spiro atoms. The second-order valence-electron chi connectivity index (χ2n) is 2.96. The predicted molar refractivity (Wildman–Crippen MR) is 42.7 cm³/mol. The van der Waals surface area contributed by atoms with Gasteiger partial charge in [-0.25, -0.2) is 8.78 Å². The summed E-state index contributed by atoms with van der Waals surface area (Å²) in [4.78, 5) is 0. The van der Waals surface area contributed by atoms with Crippen LogP contribution in [-0.2, 0) is 5.92 Å². The zero-order valence-corrected chi connectivity index (χ0v) is 7.61. The van der Waals surface area contributed by atoms with Crippen LogP contribution in [0.4, 0.5) is 22.0 Å². The van der Waals surface area contributed by atoms with Crippen molar-refractivity contribution < 1.29 is 26.7 Å². The number of ether oxygens (including phenoxy) is 1.